The Kier molecular flexibility index (Phi) is 6.63. The van der Waals surface area contributed by atoms with Crippen molar-refractivity contribution in [3.8, 4) is 17.0 Å². The van der Waals surface area contributed by atoms with Crippen LogP contribution in [0.25, 0.3) is 11.3 Å². The van der Waals surface area contributed by atoms with E-state index in [2.05, 4.69) is 10.3 Å². The summed E-state index contributed by atoms with van der Waals surface area (Å²) in [6.45, 7) is 0.968. The van der Waals surface area contributed by atoms with Crippen LogP contribution in [0.4, 0.5) is 0 Å². The lowest BCUT2D eigenvalue weighted by Crippen LogP contribution is -2.41. The zero-order valence-corrected chi connectivity index (χ0v) is 18.9. The van der Waals surface area contributed by atoms with Crippen molar-refractivity contribution in [1.29, 1.82) is 0 Å². The highest BCUT2D eigenvalue weighted by Gasteiger charge is 2.33. The summed E-state index contributed by atoms with van der Waals surface area (Å²) >= 11 is 12.0. The summed E-state index contributed by atoms with van der Waals surface area (Å²) in [5.74, 6) is 0.283. The molecule has 0 radical (unpaired) electrons. The molecule has 2 aromatic carbocycles. The van der Waals surface area contributed by atoms with Gasteiger partial charge in [0.2, 0.25) is 5.91 Å². The molecule has 164 valence electrons. The lowest BCUT2D eigenvalue weighted by atomic mass is 10.1. The number of rotatable bonds is 6. The number of halogens is 2. The Bertz CT molecular complexity index is 1150. The first-order valence-corrected chi connectivity index (χ1v) is 10.8. The van der Waals surface area contributed by atoms with E-state index in [9.17, 15) is 9.59 Å². The Hall–Kier alpha value is -3.09. The van der Waals surface area contributed by atoms with Crippen LogP contribution >= 0.6 is 23.2 Å². The second-order valence-corrected chi connectivity index (χ2v) is 8.30. The van der Waals surface area contributed by atoms with Gasteiger partial charge in [-0.2, -0.15) is 0 Å². The summed E-state index contributed by atoms with van der Waals surface area (Å²) in [7, 11) is 1.61. The molecule has 1 aliphatic heterocycles. The maximum absolute atomic E-state index is 12.8. The zero-order valence-electron chi connectivity index (χ0n) is 17.3. The molecular formula is C24H21Cl2N3O3. The molecule has 0 aliphatic carbocycles. The van der Waals surface area contributed by atoms with E-state index in [0.717, 1.165) is 22.6 Å². The van der Waals surface area contributed by atoms with Gasteiger partial charge in [-0.05, 0) is 48.4 Å². The minimum absolute atomic E-state index is 0.120. The topological polar surface area (TPSA) is 71.5 Å². The lowest BCUT2D eigenvalue weighted by Gasteiger charge is -2.17. The third-order valence-electron chi connectivity index (χ3n) is 5.35. The second-order valence-electron chi connectivity index (χ2n) is 7.49. The number of nitrogens with one attached hydrogen (secondary N) is 1. The fraction of sp³-hybridized carbons (Fsp3) is 0.208. The van der Waals surface area contributed by atoms with E-state index in [4.69, 9.17) is 27.9 Å². The average molecular weight is 470 g/mol. The Morgan fingerprint density at radius 3 is 2.72 bits per heavy atom. The molecule has 2 amide bonds. The molecule has 8 heteroatoms. The first-order valence-electron chi connectivity index (χ1n) is 10.1. The van der Waals surface area contributed by atoms with E-state index in [1.54, 1.807) is 36.3 Å². The van der Waals surface area contributed by atoms with Crippen LogP contribution in [-0.4, -0.2) is 41.4 Å². The van der Waals surface area contributed by atoms with Crippen molar-refractivity contribution >= 4 is 35.0 Å². The summed E-state index contributed by atoms with van der Waals surface area (Å²) in [4.78, 5) is 31.5. The number of carbonyl (C=O) groups excluding carboxylic acids is 2. The highest BCUT2D eigenvalue weighted by atomic mass is 35.5. The molecule has 1 unspecified atom stereocenters. The molecule has 1 atom stereocenters. The van der Waals surface area contributed by atoms with Crippen molar-refractivity contribution < 1.29 is 14.3 Å². The number of benzene rings is 2. The maximum Gasteiger partial charge on any atom is 0.253 e. The number of nitrogens with zero attached hydrogens (tertiary/aromatic N) is 2. The molecule has 0 bridgehead atoms. The highest BCUT2D eigenvalue weighted by molar-refractivity contribution is 6.42. The predicted octanol–water partition coefficient (Wildman–Crippen LogP) is 4.59. The summed E-state index contributed by atoms with van der Waals surface area (Å²) in [6, 6.07) is 15.7. The lowest BCUT2D eigenvalue weighted by molar-refractivity contribution is -0.129. The highest BCUT2D eigenvalue weighted by Crippen LogP contribution is 2.25. The van der Waals surface area contributed by atoms with Crippen molar-refractivity contribution in [2.75, 3.05) is 13.7 Å². The SMILES string of the molecule is COc1cccc(-c2ccc(C(=O)NC3CCN(Cc4ccc(Cl)c(Cl)c4)C3=O)cn2)c1. The molecular weight excluding hydrogens is 449 g/mol. The molecule has 4 rings (SSSR count). The van der Waals surface area contributed by atoms with E-state index in [1.165, 1.54) is 6.20 Å². The quantitative estimate of drug-likeness (QED) is 0.572. The van der Waals surface area contributed by atoms with Crippen molar-refractivity contribution in [3.63, 3.8) is 0 Å². The molecule has 1 saturated heterocycles. The maximum atomic E-state index is 12.8. The van der Waals surface area contributed by atoms with Gasteiger partial charge in [0.1, 0.15) is 11.8 Å². The van der Waals surface area contributed by atoms with Crippen LogP contribution in [0.5, 0.6) is 5.75 Å². The number of hydrogen-bond acceptors (Lipinski definition) is 4. The van der Waals surface area contributed by atoms with Gasteiger partial charge in [0, 0.05) is 24.8 Å². The number of hydrogen-bond donors (Lipinski definition) is 1. The van der Waals surface area contributed by atoms with Crippen LogP contribution < -0.4 is 10.1 Å². The molecule has 1 N–H and O–H groups in total. The molecule has 1 aromatic heterocycles. The third-order valence-corrected chi connectivity index (χ3v) is 6.09. The molecule has 32 heavy (non-hydrogen) atoms. The average Bonchev–Trinajstić information content (AvgIpc) is 3.15. The van der Waals surface area contributed by atoms with Crippen molar-refractivity contribution in [2.45, 2.75) is 19.0 Å². The third kappa shape index (κ3) is 4.87. The number of ether oxygens (including phenoxy) is 1. The van der Waals surface area contributed by atoms with E-state index < -0.39 is 6.04 Å². The minimum atomic E-state index is -0.566. The Labute approximate surface area is 196 Å². The summed E-state index contributed by atoms with van der Waals surface area (Å²) in [5, 5.41) is 3.74. The van der Waals surface area contributed by atoms with Gasteiger partial charge in [-0.3, -0.25) is 14.6 Å². The van der Waals surface area contributed by atoms with Gasteiger partial charge in [-0.15, -0.1) is 0 Å². The standard InChI is InChI=1S/C24H21Cl2N3O3/c1-32-18-4-2-3-16(12-18)21-8-6-17(13-27-21)23(30)28-22-9-10-29(24(22)31)14-15-5-7-19(25)20(26)11-15/h2-8,11-13,22H,9-10,14H2,1H3,(H,28,30). The summed E-state index contributed by atoms with van der Waals surface area (Å²) < 4.78 is 5.24. The van der Waals surface area contributed by atoms with Crippen molar-refractivity contribution in [3.05, 3.63) is 82.0 Å². The molecule has 1 fully saturated rings. The van der Waals surface area contributed by atoms with Crippen LogP contribution in [0, 0.1) is 0 Å². The number of likely N-dealkylation sites (tertiary alicyclic amines) is 1. The minimum Gasteiger partial charge on any atom is -0.497 e. The van der Waals surface area contributed by atoms with E-state index >= 15 is 0 Å². The predicted molar refractivity (Wildman–Crippen MR) is 124 cm³/mol. The van der Waals surface area contributed by atoms with Crippen LogP contribution in [0.2, 0.25) is 10.0 Å². The first kappa shape index (κ1) is 22.1. The Morgan fingerprint density at radius 2 is 2.00 bits per heavy atom. The molecule has 0 saturated carbocycles. The molecule has 6 nitrogen and oxygen atoms in total. The van der Waals surface area contributed by atoms with Crippen LogP contribution in [0.1, 0.15) is 22.3 Å². The van der Waals surface area contributed by atoms with Gasteiger partial charge >= 0.3 is 0 Å². The second kappa shape index (κ2) is 9.59. The van der Waals surface area contributed by atoms with Gasteiger partial charge in [-0.1, -0.05) is 41.4 Å². The number of methoxy groups -OCH3 is 1. The van der Waals surface area contributed by atoms with Gasteiger partial charge in [0.25, 0.3) is 5.91 Å². The van der Waals surface area contributed by atoms with E-state index in [1.807, 2.05) is 30.3 Å². The number of pyridine rings is 1. The van der Waals surface area contributed by atoms with Gasteiger partial charge < -0.3 is 15.0 Å². The molecule has 1 aliphatic rings. The van der Waals surface area contributed by atoms with Crippen LogP contribution in [0.3, 0.4) is 0 Å². The first-order chi connectivity index (χ1) is 15.4. The number of aromatic nitrogens is 1. The van der Waals surface area contributed by atoms with Gasteiger partial charge in [0.05, 0.1) is 28.4 Å². The Balaban J connectivity index is 1.38. The van der Waals surface area contributed by atoms with E-state index in [-0.39, 0.29) is 11.8 Å². The fourth-order valence-electron chi connectivity index (χ4n) is 3.61. The van der Waals surface area contributed by atoms with Crippen LogP contribution in [-0.2, 0) is 11.3 Å². The monoisotopic (exact) mass is 469 g/mol. The van der Waals surface area contributed by atoms with Crippen molar-refractivity contribution in [2.24, 2.45) is 0 Å². The smallest absolute Gasteiger partial charge is 0.253 e. The number of amides is 2. The van der Waals surface area contributed by atoms with Gasteiger partial charge in [-0.25, -0.2) is 0 Å². The van der Waals surface area contributed by atoms with Gasteiger partial charge in [0.15, 0.2) is 0 Å². The molecule has 3 aromatic rings. The fourth-order valence-corrected chi connectivity index (χ4v) is 3.93. The summed E-state index contributed by atoms with van der Waals surface area (Å²) in [6.07, 6.45) is 2.05. The van der Waals surface area contributed by atoms with Crippen LogP contribution in [0.15, 0.2) is 60.8 Å². The zero-order chi connectivity index (χ0) is 22.7. The molecule has 0 spiro atoms. The Morgan fingerprint density at radius 1 is 1.16 bits per heavy atom. The largest absolute Gasteiger partial charge is 0.497 e. The summed E-state index contributed by atoms with van der Waals surface area (Å²) in [5.41, 5.74) is 2.90. The number of carbonyl (C=O) groups is 2. The van der Waals surface area contributed by atoms with Crippen molar-refractivity contribution in [1.82, 2.24) is 15.2 Å². The normalized spacial score (nSPS) is 15.7. The molecule has 2 heterocycles. The van der Waals surface area contributed by atoms with E-state index in [0.29, 0.717) is 35.1 Å².